The average Bonchev–Trinajstić information content (AvgIpc) is 3.32. The molecule has 0 spiro atoms. The summed E-state index contributed by atoms with van der Waals surface area (Å²) in [6, 6.07) is 15.8. The fourth-order valence-corrected chi connectivity index (χ4v) is 4.40. The van der Waals surface area contributed by atoms with Crippen LogP contribution in [-0.4, -0.2) is 93.9 Å². The summed E-state index contributed by atoms with van der Waals surface area (Å²) in [6.45, 7) is 5.90. The van der Waals surface area contributed by atoms with Crippen LogP contribution in [0.2, 0.25) is 0 Å². The van der Waals surface area contributed by atoms with E-state index in [4.69, 9.17) is 0 Å². The van der Waals surface area contributed by atoms with Crippen LogP contribution in [-0.2, 0) is 6.42 Å². The van der Waals surface area contributed by atoms with Crippen LogP contribution < -0.4 is 0 Å². The van der Waals surface area contributed by atoms with Crippen LogP contribution in [0.5, 0.6) is 0 Å². The number of amides is 1. The molecule has 4 heterocycles. The third kappa shape index (κ3) is 5.55. The normalized spacial score (nSPS) is 14.9. The van der Waals surface area contributed by atoms with Gasteiger partial charge in [0, 0.05) is 76.0 Å². The van der Waals surface area contributed by atoms with E-state index in [9.17, 15) is 4.79 Å². The first kappa shape index (κ1) is 23.1. The summed E-state index contributed by atoms with van der Waals surface area (Å²) in [4.78, 5) is 36.4. The molecule has 0 saturated carbocycles. The number of rotatable bonds is 7. The second kappa shape index (κ2) is 10.3. The molecular weight excluding hydrogens is 438 g/mol. The van der Waals surface area contributed by atoms with Crippen LogP contribution in [0.25, 0.3) is 22.3 Å². The molecule has 35 heavy (non-hydrogen) atoms. The van der Waals surface area contributed by atoms with E-state index in [-0.39, 0.29) is 5.91 Å². The minimum atomic E-state index is 0.0169. The average molecular weight is 470 g/mol. The van der Waals surface area contributed by atoms with Gasteiger partial charge in [-0.05, 0) is 49.0 Å². The summed E-state index contributed by atoms with van der Waals surface area (Å²) in [5, 5.41) is 1.01. The Morgan fingerprint density at radius 3 is 2.66 bits per heavy atom. The standard InChI is InChI=1S/C27H31N7O/c1-32-11-14-34(15-12-32)16-13-33(2)27(35)25-19-21-17-20(6-7-22(21)30-25)18-26-29-10-8-24(31-26)23-5-3-4-9-28-23/h3-10,17,19,30H,11-16,18H2,1-2H3. The highest BCUT2D eigenvalue weighted by molar-refractivity contribution is 5.98. The van der Waals surface area contributed by atoms with Gasteiger partial charge in [0.15, 0.2) is 0 Å². The summed E-state index contributed by atoms with van der Waals surface area (Å²) < 4.78 is 0. The van der Waals surface area contributed by atoms with Crippen LogP contribution in [0.3, 0.4) is 0 Å². The number of hydrogen-bond donors (Lipinski definition) is 1. The summed E-state index contributed by atoms with van der Waals surface area (Å²) in [5.74, 6) is 0.756. The Hall–Kier alpha value is -3.62. The van der Waals surface area contributed by atoms with E-state index in [1.807, 2.05) is 43.4 Å². The zero-order valence-electron chi connectivity index (χ0n) is 20.3. The maximum Gasteiger partial charge on any atom is 0.270 e. The van der Waals surface area contributed by atoms with Crippen LogP contribution in [0, 0.1) is 0 Å². The molecule has 0 unspecified atom stereocenters. The first-order valence-corrected chi connectivity index (χ1v) is 12.1. The number of aromatic amines is 1. The lowest BCUT2D eigenvalue weighted by Gasteiger charge is -2.33. The Kier molecular flexibility index (Phi) is 6.83. The molecule has 0 bridgehead atoms. The van der Waals surface area contributed by atoms with Gasteiger partial charge in [-0.3, -0.25) is 14.7 Å². The Morgan fingerprint density at radius 1 is 1.00 bits per heavy atom. The number of benzene rings is 1. The van der Waals surface area contributed by atoms with Gasteiger partial charge in [0.2, 0.25) is 0 Å². The van der Waals surface area contributed by atoms with Gasteiger partial charge in [-0.15, -0.1) is 0 Å². The summed E-state index contributed by atoms with van der Waals surface area (Å²) in [7, 11) is 4.03. The number of nitrogens with one attached hydrogen (secondary N) is 1. The van der Waals surface area contributed by atoms with Crippen molar-refractivity contribution in [2.45, 2.75) is 6.42 Å². The van der Waals surface area contributed by atoms with Gasteiger partial charge in [-0.2, -0.15) is 0 Å². The van der Waals surface area contributed by atoms with Crippen LogP contribution >= 0.6 is 0 Å². The van der Waals surface area contributed by atoms with E-state index >= 15 is 0 Å². The fourth-order valence-electron chi connectivity index (χ4n) is 4.40. The van der Waals surface area contributed by atoms with E-state index in [2.05, 4.69) is 48.9 Å². The molecule has 1 N–H and O–H groups in total. The van der Waals surface area contributed by atoms with Gasteiger partial charge in [-0.1, -0.05) is 12.1 Å². The van der Waals surface area contributed by atoms with E-state index in [1.54, 1.807) is 17.3 Å². The lowest BCUT2D eigenvalue weighted by atomic mass is 10.1. The molecule has 0 radical (unpaired) electrons. The molecule has 5 rings (SSSR count). The highest BCUT2D eigenvalue weighted by atomic mass is 16.2. The molecule has 0 atom stereocenters. The molecule has 8 nitrogen and oxygen atoms in total. The number of aromatic nitrogens is 4. The van der Waals surface area contributed by atoms with Crippen molar-refractivity contribution in [3.05, 3.63) is 78.0 Å². The van der Waals surface area contributed by atoms with Crippen LogP contribution in [0.4, 0.5) is 0 Å². The number of likely N-dealkylation sites (N-methyl/N-ethyl adjacent to an activating group) is 2. The van der Waals surface area contributed by atoms with Gasteiger partial charge in [-0.25, -0.2) is 9.97 Å². The largest absolute Gasteiger partial charge is 0.351 e. The van der Waals surface area contributed by atoms with Gasteiger partial charge in [0.05, 0.1) is 11.4 Å². The molecule has 180 valence electrons. The van der Waals surface area contributed by atoms with Gasteiger partial charge < -0.3 is 14.8 Å². The second-order valence-corrected chi connectivity index (χ2v) is 9.23. The SMILES string of the molecule is CN1CCN(CCN(C)C(=O)c2cc3cc(Cc4nccc(-c5ccccn5)n4)ccc3[nH]2)CC1. The van der Waals surface area contributed by atoms with Crippen molar-refractivity contribution in [2.75, 3.05) is 53.4 Å². The molecule has 1 aromatic carbocycles. The number of nitrogens with zero attached hydrogens (tertiary/aromatic N) is 6. The third-order valence-electron chi connectivity index (χ3n) is 6.60. The van der Waals surface area contributed by atoms with Gasteiger partial charge in [0.25, 0.3) is 5.91 Å². The third-order valence-corrected chi connectivity index (χ3v) is 6.60. The minimum Gasteiger partial charge on any atom is -0.351 e. The van der Waals surface area contributed by atoms with Crippen molar-refractivity contribution in [1.29, 1.82) is 0 Å². The fraction of sp³-hybridized carbons (Fsp3) is 0.333. The molecular formula is C27H31N7O. The van der Waals surface area contributed by atoms with E-state index in [1.165, 1.54) is 0 Å². The molecule has 8 heteroatoms. The van der Waals surface area contributed by atoms with Crippen LogP contribution in [0.1, 0.15) is 21.9 Å². The van der Waals surface area contributed by atoms with Crippen molar-refractivity contribution in [2.24, 2.45) is 0 Å². The lowest BCUT2D eigenvalue weighted by molar-refractivity contribution is 0.0755. The Morgan fingerprint density at radius 2 is 1.86 bits per heavy atom. The Labute approximate surface area is 205 Å². The number of pyridine rings is 1. The van der Waals surface area contributed by atoms with E-state index in [0.29, 0.717) is 18.7 Å². The minimum absolute atomic E-state index is 0.0169. The molecule has 1 aliphatic rings. The predicted molar refractivity (Wildman–Crippen MR) is 137 cm³/mol. The zero-order valence-corrected chi connectivity index (χ0v) is 20.3. The predicted octanol–water partition coefficient (Wildman–Crippen LogP) is 2.93. The first-order chi connectivity index (χ1) is 17.0. The number of carbonyl (C=O) groups is 1. The van der Waals surface area contributed by atoms with Crippen LogP contribution in [0.15, 0.2) is 60.9 Å². The Bertz CT molecular complexity index is 1300. The summed E-state index contributed by atoms with van der Waals surface area (Å²) in [5.41, 5.74) is 4.30. The van der Waals surface area contributed by atoms with Gasteiger partial charge >= 0.3 is 0 Å². The second-order valence-electron chi connectivity index (χ2n) is 9.23. The number of H-pyrrole nitrogens is 1. The topological polar surface area (TPSA) is 81.2 Å². The van der Waals surface area contributed by atoms with E-state index in [0.717, 1.165) is 66.4 Å². The number of fused-ring (bicyclic) bond motifs is 1. The highest BCUT2D eigenvalue weighted by Gasteiger charge is 2.18. The van der Waals surface area contributed by atoms with Crippen molar-refractivity contribution in [3.63, 3.8) is 0 Å². The number of piperazine rings is 1. The number of carbonyl (C=O) groups excluding carboxylic acids is 1. The first-order valence-electron chi connectivity index (χ1n) is 12.1. The van der Waals surface area contributed by atoms with E-state index < -0.39 is 0 Å². The monoisotopic (exact) mass is 469 g/mol. The zero-order chi connectivity index (χ0) is 24.2. The molecule has 1 aliphatic heterocycles. The molecule has 1 saturated heterocycles. The summed E-state index contributed by atoms with van der Waals surface area (Å²) >= 11 is 0. The lowest BCUT2D eigenvalue weighted by Crippen LogP contribution is -2.47. The van der Waals surface area contributed by atoms with Crippen molar-refractivity contribution in [3.8, 4) is 11.4 Å². The van der Waals surface area contributed by atoms with Gasteiger partial charge in [0.1, 0.15) is 11.5 Å². The molecule has 1 amide bonds. The maximum atomic E-state index is 13.0. The molecule has 1 fully saturated rings. The van der Waals surface area contributed by atoms with Crippen molar-refractivity contribution >= 4 is 16.8 Å². The molecule has 0 aliphatic carbocycles. The highest BCUT2D eigenvalue weighted by Crippen LogP contribution is 2.20. The smallest absolute Gasteiger partial charge is 0.270 e. The molecule has 3 aromatic heterocycles. The number of hydrogen-bond acceptors (Lipinski definition) is 6. The summed E-state index contributed by atoms with van der Waals surface area (Å²) in [6.07, 6.45) is 4.14. The Balaban J connectivity index is 1.25. The van der Waals surface area contributed by atoms with Crippen molar-refractivity contribution < 1.29 is 4.79 Å². The maximum absolute atomic E-state index is 13.0. The van der Waals surface area contributed by atoms with Crippen molar-refractivity contribution in [1.82, 2.24) is 34.6 Å². The quantitative estimate of drug-likeness (QED) is 0.448. The molecule has 4 aromatic rings.